The molecule has 0 bridgehead atoms. The lowest BCUT2D eigenvalue weighted by Gasteiger charge is -2.48. The fraction of sp³-hybridized carbons (Fsp3) is 0.947. The first kappa shape index (κ1) is 18.9. The van der Waals surface area contributed by atoms with E-state index in [1.165, 1.54) is 32.1 Å². The predicted molar refractivity (Wildman–Crippen MR) is 101 cm³/mol. The molecule has 3 aliphatic rings. The molecule has 0 radical (unpaired) electrons. The molecule has 6 nitrogen and oxygen atoms in total. The lowest BCUT2D eigenvalue weighted by atomic mass is 9.80. The summed E-state index contributed by atoms with van der Waals surface area (Å²) in [6.45, 7) is 12.6. The van der Waals surface area contributed by atoms with Crippen LogP contribution < -0.4 is 10.6 Å². The van der Waals surface area contributed by atoms with Crippen LogP contribution in [-0.2, 0) is 9.47 Å². The topological polar surface area (TPSA) is 58.1 Å². The zero-order valence-electron chi connectivity index (χ0n) is 16.1. The van der Waals surface area contributed by atoms with Crippen molar-refractivity contribution in [2.24, 2.45) is 10.4 Å². The highest BCUT2D eigenvalue weighted by Crippen LogP contribution is 2.34. The Morgan fingerprint density at radius 3 is 2.36 bits per heavy atom. The summed E-state index contributed by atoms with van der Waals surface area (Å²) in [7, 11) is 0. The normalized spacial score (nSPS) is 26.7. The number of ether oxygens (including phenoxy) is 2. The van der Waals surface area contributed by atoms with Crippen LogP contribution >= 0.6 is 0 Å². The molecule has 2 heterocycles. The molecule has 2 saturated heterocycles. The van der Waals surface area contributed by atoms with Crippen LogP contribution in [0.5, 0.6) is 0 Å². The molecule has 1 aliphatic carbocycles. The van der Waals surface area contributed by atoms with Gasteiger partial charge in [0.15, 0.2) is 5.96 Å². The van der Waals surface area contributed by atoms with Crippen molar-refractivity contribution in [2.45, 2.75) is 51.5 Å². The van der Waals surface area contributed by atoms with Crippen LogP contribution in [0.25, 0.3) is 0 Å². The zero-order valence-corrected chi connectivity index (χ0v) is 16.1. The van der Waals surface area contributed by atoms with E-state index < -0.39 is 0 Å². The van der Waals surface area contributed by atoms with Gasteiger partial charge in [0.1, 0.15) is 0 Å². The van der Waals surface area contributed by atoms with Gasteiger partial charge in [0, 0.05) is 37.1 Å². The first-order valence-electron chi connectivity index (χ1n) is 10.1. The van der Waals surface area contributed by atoms with Crippen LogP contribution in [-0.4, -0.2) is 75.5 Å². The minimum Gasteiger partial charge on any atom is -0.380 e. The Labute approximate surface area is 152 Å². The first-order valence-corrected chi connectivity index (χ1v) is 10.1. The molecule has 0 aromatic heterocycles. The van der Waals surface area contributed by atoms with E-state index in [2.05, 4.69) is 29.4 Å². The molecule has 2 N–H and O–H groups in total. The van der Waals surface area contributed by atoms with Crippen LogP contribution in [0.15, 0.2) is 4.99 Å². The Morgan fingerprint density at radius 1 is 1.04 bits per heavy atom. The van der Waals surface area contributed by atoms with Crippen molar-refractivity contribution in [3.8, 4) is 0 Å². The molecule has 1 saturated carbocycles. The summed E-state index contributed by atoms with van der Waals surface area (Å²) in [5.41, 5.74) is 0.483. The minimum atomic E-state index is 0.217. The number of aliphatic imine (C=N–C) groups is 1. The van der Waals surface area contributed by atoms with E-state index in [9.17, 15) is 0 Å². The zero-order chi connectivity index (χ0) is 17.6. The molecular formula is C19H36N4O2. The van der Waals surface area contributed by atoms with Gasteiger partial charge in [0.2, 0.25) is 0 Å². The van der Waals surface area contributed by atoms with Gasteiger partial charge in [0.05, 0.1) is 33.0 Å². The highest BCUT2D eigenvalue weighted by molar-refractivity contribution is 5.79. The van der Waals surface area contributed by atoms with Gasteiger partial charge < -0.3 is 20.1 Å². The van der Waals surface area contributed by atoms with Crippen LogP contribution in [0, 0.1) is 5.41 Å². The number of guanidine groups is 1. The van der Waals surface area contributed by atoms with Gasteiger partial charge in [-0.3, -0.25) is 9.89 Å². The number of rotatable bonds is 6. The highest BCUT2D eigenvalue weighted by Gasteiger charge is 2.39. The summed E-state index contributed by atoms with van der Waals surface area (Å²) in [5.74, 6) is 0.953. The maximum absolute atomic E-state index is 5.58. The molecular weight excluding hydrogens is 316 g/mol. The van der Waals surface area contributed by atoms with Crippen molar-refractivity contribution < 1.29 is 9.47 Å². The molecule has 0 aromatic carbocycles. The number of nitrogens with zero attached hydrogens (tertiary/aromatic N) is 2. The Bertz CT molecular complexity index is 439. The Balaban J connectivity index is 1.61. The number of hydrogen-bond donors (Lipinski definition) is 2. The smallest absolute Gasteiger partial charge is 0.191 e. The molecule has 0 amide bonds. The molecule has 6 heteroatoms. The fourth-order valence-corrected chi connectivity index (χ4v) is 4.25. The third kappa shape index (κ3) is 4.86. The van der Waals surface area contributed by atoms with Gasteiger partial charge >= 0.3 is 0 Å². The Kier molecular flexibility index (Phi) is 6.58. The van der Waals surface area contributed by atoms with Crippen molar-refractivity contribution >= 4 is 5.96 Å². The quantitative estimate of drug-likeness (QED) is 0.562. The fourth-order valence-electron chi connectivity index (χ4n) is 4.25. The minimum absolute atomic E-state index is 0.217. The maximum atomic E-state index is 5.58. The van der Waals surface area contributed by atoms with Crippen LogP contribution in [0.2, 0.25) is 0 Å². The molecule has 144 valence electrons. The van der Waals surface area contributed by atoms with Gasteiger partial charge in [-0.1, -0.05) is 26.2 Å². The van der Waals surface area contributed by atoms with E-state index in [-0.39, 0.29) is 11.0 Å². The van der Waals surface area contributed by atoms with Crippen molar-refractivity contribution in [1.29, 1.82) is 0 Å². The average Bonchev–Trinajstić information content (AvgIpc) is 2.64. The lowest BCUT2D eigenvalue weighted by Crippen LogP contribution is -2.60. The van der Waals surface area contributed by atoms with Crippen molar-refractivity contribution in [3.05, 3.63) is 0 Å². The summed E-state index contributed by atoms with van der Waals surface area (Å²) in [6, 6.07) is 0. The molecule has 3 fully saturated rings. The summed E-state index contributed by atoms with van der Waals surface area (Å²) in [6.07, 6.45) is 6.61. The third-order valence-electron chi connectivity index (χ3n) is 5.92. The standard InChI is InChI=1S/C19H36N4O2/c1-3-20-17(21-13-18(2)15-25-16-18)22-14-19(7-5-4-6-8-19)23-9-11-24-12-10-23/h3-16H2,1-2H3,(H2,20,21,22). The molecule has 0 atom stereocenters. The van der Waals surface area contributed by atoms with Crippen molar-refractivity contribution in [2.75, 3.05) is 59.2 Å². The largest absolute Gasteiger partial charge is 0.380 e. The molecule has 0 aromatic rings. The van der Waals surface area contributed by atoms with Gasteiger partial charge in [-0.05, 0) is 19.8 Å². The van der Waals surface area contributed by atoms with E-state index in [1.807, 2.05) is 0 Å². The van der Waals surface area contributed by atoms with Crippen molar-refractivity contribution in [1.82, 2.24) is 15.5 Å². The third-order valence-corrected chi connectivity index (χ3v) is 5.92. The van der Waals surface area contributed by atoms with Gasteiger partial charge in [-0.2, -0.15) is 0 Å². The van der Waals surface area contributed by atoms with Crippen LogP contribution in [0.1, 0.15) is 46.0 Å². The van der Waals surface area contributed by atoms with Crippen LogP contribution in [0.3, 0.4) is 0 Å². The Hall–Kier alpha value is -0.850. The summed E-state index contributed by atoms with van der Waals surface area (Å²) >= 11 is 0. The molecule has 2 aliphatic heterocycles. The van der Waals surface area contributed by atoms with Crippen LogP contribution in [0.4, 0.5) is 0 Å². The van der Waals surface area contributed by atoms with E-state index in [0.29, 0.717) is 0 Å². The maximum Gasteiger partial charge on any atom is 0.191 e. The van der Waals surface area contributed by atoms with Gasteiger partial charge in [-0.25, -0.2) is 0 Å². The molecule has 0 unspecified atom stereocenters. The number of hydrogen-bond acceptors (Lipinski definition) is 4. The summed E-state index contributed by atoms with van der Waals surface area (Å²) in [5, 5.41) is 7.08. The monoisotopic (exact) mass is 352 g/mol. The molecule has 25 heavy (non-hydrogen) atoms. The van der Waals surface area contributed by atoms with E-state index in [0.717, 1.165) is 65.1 Å². The molecule has 3 rings (SSSR count). The average molecular weight is 353 g/mol. The number of morpholine rings is 1. The SMILES string of the molecule is CCNC(=NCC1(C)COC1)NCC1(N2CCOCC2)CCCCC1. The first-order chi connectivity index (χ1) is 12.2. The number of nitrogens with one attached hydrogen (secondary N) is 2. The summed E-state index contributed by atoms with van der Waals surface area (Å²) < 4.78 is 10.9. The highest BCUT2D eigenvalue weighted by atomic mass is 16.5. The van der Waals surface area contributed by atoms with Crippen molar-refractivity contribution in [3.63, 3.8) is 0 Å². The molecule has 0 spiro atoms. The lowest BCUT2D eigenvalue weighted by molar-refractivity contribution is -0.0945. The second-order valence-electron chi connectivity index (χ2n) is 8.24. The van der Waals surface area contributed by atoms with Gasteiger partial charge in [0.25, 0.3) is 0 Å². The van der Waals surface area contributed by atoms with E-state index >= 15 is 0 Å². The van der Waals surface area contributed by atoms with E-state index in [4.69, 9.17) is 14.5 Å². The summed E-state index contributed by atoms with van der Waals surface area (Å²) in [4.78, 5) is 7.51. The second-order valence-corrected chi connectivity index (χ2v) is 8.24. The second kappa shape index (κ2) is 8.69. The predicted octanol–water partition coefficient (Wildman–Crippen LogP) is 1.61. The van der Waals surface area contributed by atoms with Gasteiger partial charge in [-0.15, -0.1) is 0 Å². The van der Waals surface area contributed by atoms with E-state index in [1.54, 1.807) is 0 Å². The Morgan fingerprint density at radius 2 is 1.76 bits per heavy atom.